The van der Waals surface area contributed by atoms with Gasteiger partial charge < -0.3 is 10.2 Å². The molecule has 25 heavy (non-hydrogen) atoms. The average molecular weight is 335 g/mol. The fourth-order valence-electron chi connectivity index (χ4n) is 3.32. The molecule has 1 amide bonds. The van der Waals surface area contributed by atoms with Crippen molar-refractivity contribution in [1.29, 1.82) is 0 Å². The third-order valence-corrected chi connectivity index (χ3v) is 4.69. The maximum absolute atomic E-state index is 12.4. The largest absolute Gasteiger partial charge is 0.349 e. The fourth-order valence-corrected chi connectivity index (χ4v) is 3.32. The van der Waals surface area contributed by atoms with Crippen molar-refractivity contribution in [1.82, 2.24) is 19.9 Å². The van der Waals surface area contributed by atoms with E-state index in [-0.39, 0.29) is 11.9 Å². The Morgan fingerprint density at radius 2 is 1.96 bits per heavy atom. The lowest BCUT2D eigenvalue weighted by molar-refractivity contribution is 0.0931. The first-order valence-electron chi connectivity index (χ1n) is 8.63. The van der Waals surface area contributed by atoms with Gasteiger partial charge in [-0.15, -0.1) is 10.2 Å². The first-order chi connectivity index (χ1) is 12.2. The van der Waals surface area contributed by atoms with Gasteiger partial charge in [-0.1, -0.05) is 23.8 Å². The third kappa shape index (κ3) is 3.20. The van der Waals surface area contributed by atoms with Crippen LogP contribution in [0.3, 0.4) is 0 Å². The topological polar surface area (TPSA) is 62.5 Å². The maximum Gasteiger partial charge on any atom is 0.251 e. The van der Waals surface area contributed by atoms with E-state index >= 15 is 0 Å². The number of fused-ring (bicyclic) bond motifs is 1. The molecule has 0 saturated carbocycles. The summed E-state index contributed by atoms with van der Waals surface area (Å²) in [4.78, 5) is 14.6. The molecule has 0 spiro atoms. The van der Waals surface area contributed by atoms with E-state index in [1.807, 2.05) is 60.0 Å². The van der Waals surface area contributed by atoms with Crippen LogP contribution in [-0.4, -0.2) is 39.6 Å². The highest BCUT2D eigenvalue weighted by molar-refractivity contribution is 5.94. The zero-order valence-electron chi connectivity index (χ0n) is 14.2. The van der Waals surface area contributed by atoms with Crippen LogP contribution in [0.15, 0.2) is 48.7 Å². The molecule has 1 aliphatic heterocycles. The summed E-state index contributed by atoms with van der Waals surface area (Å²) >= 11 is 0. The lowest BCUT2D eigenvalue weighted by Crippen LogP contribution is -2.45. The Kier molecular flexibility index (Phi) is 4.09. The van der Waals surface area contributed by atoms with Gasteiger partial charge in [-0.2, -0.15) is 0 Å². The molecule has 3 heterocycles. The molecule has 2 aromatic heterocycles. The number of hydrogen-bond donors (Lipinski definition) is 1. The fraction of sp³-hybridized carbons (Fsp3) is 0.316. The summed E-state index contributed by atoms with van der Waals surface area (Å²) < 4.78 is 2.01. The Hall–Kier alpha value is -2.89. The average Bonchev–Trinajstić information content (AvgIpc) is 3.06. The monoisotopic (exact) mass is 335 g/mol. The van der Waals surface area contributed by atoms with Crippen LogP contribution in [0.4, 0.5) is 5.95 Å². The minimum Gasteiger partial charge on any atom is -0.349 e. The molecule has 0 radical (unpaired) electrons. The van der Waals surface area contributed by atoms with E-state index in [0.717, 1.165) is 48.7 Å². The van der Waals surface area contributed by atoms with Gasteiger partial charge in [0.05, 0.1) is 0 Å². The molecule has 0 aliphatic carbocycles. The first kappa shape index (κ1) is 15.6. The van der Waals surface area contributed by atoms with Crippen LogP contribution < -0.4 is 10.2 Å². The summed E-state index contributed by atoms with van der Waals surface area (Å²) in [6.45, 7) is 3.71. The molecule has 1 aromatic carbocycles. The van der Waals surface area contributed by atoms with Gasteiger partial charge >= 0.3 is 0 Å². The molecule has 6 heteroatoms. The second kappa shape index (κ2) is 6.55. The van der Waals surface area contributed by atoms with Crippen LogP contribution in [0, 0.1) is 6.92 Å². The maximum atomic E-state index is 12.4. The van der Waals surface area contributed by atoms with E-state index in [9.17, 15) is 4.79 Å². The van der Waals surface area contributed by atoms with E-state index in [1.54, 1.807) is 0 Å². The molecule has 0 atom stereocenters. The Labute approximate surface area is 146 Å². The molecule has 1 N–H and O–H groups in total. The summed E-state index contributed by atoms with van der Waals surface area (Å²) in [6.07, 6.45) is 3.79. The predicted octanol–water partition coefficient (Wildman–Crippen LogP) is 2.44. The van der Waals surface area contributed by atoms with Crippen molar-refractivity contribution in [2.45, 2.75) is 25.8 Å². The van der Waals surface area contributed by atoms with Crippen LogP contribution in [0.5, 0.6) is 0 Å². The van der Waals surface area contributed by atoms with E-state index in [2.05, 4.69) is 20.4 Å². The Morgan fingerprint density at radius 3 is 2.76 bits per heavy atom. The van der Waals surface area contributed by atoms with Gasteiger partial charge in [0.1, 0.15) is 0 Å². The van der Waals surface area contributed by atoms with E-state index in [1.165, 1.54) is 0 Å². The normalized spacial score (nSPS) is 15.5. The molecule has 3 aromatic rings. The summed E-state index contributed by atoms with van der Waals surface area (Å²) in [5.41, 5.74) is 2.68. The highest BCUT2D eigenvalue weighted by Gasteiger charge is 2.23. The molecule has 6 nitrogen and oxygen atoms in total. The molecule has 1 aliphatic rings. The number of pyridine rings is 1. The van der Waals surface area contributed by atoms with Gasteiger partial charge in [-0.3, -0.25) is 9.20 Å². The summed E-state index contributed by atoms with van der Waals surface area (Å²) in [6, 6.07) is 13.8. The molecule has 1 saturated heterocycles. The number of carbonyl (C=O) groups excluding carboxylic acids is 1. The number of anilines is 1. The molecule has 4 rings (SSSR count). The Morgan fingerprint density at radius 1 is 1.12 bits per heavy atom. The van der Waals surface area contributed by atoms with Crippen LogP contribution in [0.2, 0.25) is 0 Å². The number of carbonyl (C=O) groups is 1. The van der Waals surface area contributed by atoms with E-state index < -0.39 is 0 Å². The molecule has 0 bridgehead atoms. The number of nitrogens with zero attached hydrogens (tertiary/aromatic N) is 4. The SMILES string of the molecule is Cc1cccc(C(=O)NC2CCN(c3nnc4ccccn34)CC2)c1. The van der Waals surface area contributed by atoms with Gasteiger partial charge in [0.2, 0.25) is 5.95 Å². The number of amides is 1. The van der Waals surface area contributed by atoms with Gasteiger partial charge in [0.15, 0.2) is 5.65 Å². The minimum absolute atomic E-state index is 0.00933. The van der Waals surface area contributed by atoms with E-state index in [4.69, 9.17) is 0 Å². The summed E-state index contributed by atoms with van der Waals surface area (Å²) in [5.74, 6) is 0.883. The van der Waals surface area contributed by atoms with Crippen LogP contribution >= 0.6 is 0 Å². The van der Waals surface area contributed by atoms with Crippen molar-refractivity contribution < 1.29 is 4.79 Å². The number of benzene rings is 1. The number of hydrogen-bond acceptors (Lipinski definition) is 4. The molecule has 128 valence electrons. The van der Waals surface area contributed by atoms with Crippen molar-refractivity contribution >= 4 is 17.5 Å². The number of nitrogens with one attached hydrogen (secondary N) is 1. The van der Waals surface area contributed by atoms with Gasteiger partial charge in [0.25, 0.3) is 5.91 Å². The molecule has 1 fully saturated rings. The zero-order valence-corrected chi connectivity index (χ0v) is 14.2. The smallest absolute Gasteiger partial charge is 0.251 e. The van der Waals surface area contributed by atoms with Gasteiger partial charge in [-0.05, 0) is 44.0 Å². The number of aromatic nitrogens is 3. The Balaban J connectivity index is 1.39. The summed E-state index contributed by atoms with van der Waals surface area (Å²) in [7, 11) is 0. The lowest BCUT2D eigenvalue weighted by atomic mass is 10.0. The van der Waals surface area contributed by atoms with Crippen molar-refractivity contribution in [3.05, 3.63) is 59.8 Å². The zero-order chi connectivity index (χ0) is 17.2. The van der Waals surface area contributed by atoms with Crippen molar-refractivity contribution in [2.24, 2.45) is 0 Å². The third-order valence-electron chi connectivity index (χ3n) is 4.69. The van der Waals surface area contributed by atoms with Crippen LogP contribution in [0.25, 0.3) is 5.65 Å². The van der Waals surface area contributed by atoms with Crippen molar-refractivity contribution in [2.75, 3.05) is 18.0 Å². The lowest BCUT2D eigenvalue weighted by Gasteiger charge is -2.32. The number of piperidine rings is 1. The predicted molar refractivity (Wildman–Crippen MR) is 96.9 cm³/mol. The molecular weight excluding hydrogens is 314 g/mol. The van der Waals surface area contributed by atoms with Gasteiger partial charge in [0, 0.05) is 30.9 Å². The second-order valence-corrected chi connectivity index (χ2v) is 6.53. The molecule has 0 unspecified atom stereocenters. The standard InChI is InChI=1S/C19H21N5O/c1-14-5-4-6-15(13-14)18(25)20-16-8-11-23(12-9-16)19-22-21-17-7-2-3-10-24(17)19/h2-7,10,13,16H,8-9,11-12H2,1H3,(H,20,25). The Bertz CT molecular complexity index is 895. The molecular formula is C19H21N5O. The first-order valence-corrected chi connectivity index (χ1v) is 8.63. The number of rotatable bonds is 3. The van der Waals surface area contributed by atoms with Crippen LogP contribution in [-0.2, 0) is 0 Å². The minimum atomic E-state index is 0.00933. The highest BCUT2D eigenvalue weighted by Crippen LogP contribution is 2.19. The van der Waals surface area contributed by atoms with Crippen molar-refractivity contribution in [3.8, 4) is 0 Å². The summed E-state index contributed by atoms with van der Waals surface area (Å²) in [5, 5.41) is 11.7. The number of aryl methyl sites for hydroxylation is 1. The van der Waals surface area contributed by atoms with Crippen LogP contribution in [0.1, 0.15) is 28.8 Å². The quantitative estimate of drug-likeness (QED) is 0.798. The highest BCUT2D eigenvalue weighted by atomic mass is 16.1. The second-order valence-electron chi connectivity index (χ2n) is 6.53. The van der Waals surface area contributed by atoms with Gasteiger partial charge in [-0.25, -0.2) is 0 Å². The van der Waals surface area contributed by atoms with Crippen molar-refractivity contribution in [3.63, 3.8) is 0 Å². The van der Waals surface area contributed by atoms with E-state index in [0.29, 0.717) is 0 Å².